The van der Waals surface area contributed by atoms with Crippen LogP contribution in [-0.4, -0.2) is 22.9 Å². The van der Waals surface area contributed by atoms with E-state index < -0.39 is 12.6 Å². The van der Waals surface area contributed by atoms with Gasteiger partial charge in [-0.3, -0.25) is 4.79 Å². The lowest BCUT2D eigenvalue weighted by molar-refractivity contribution is -0.137. The van der Waals surface area contributed by atoms with Gasteiger partial charge in [0.15, 0.2) is 12.4 Å². The highest BCUT2D eigenvalue weighted by Crippen LogP contribution is 2.20. The molecule has 152 valence electrons. The third-order valence-electron chi connectivity index (χ3n) is 4.68. The van der Waals surface area contributed by atoms with Crippen LogP contribution in [0.2, 0.25) is 5.02 Å². The van der Waals surface area contributed by atoms with Crippen molar-refractivity contribution in [2.75, 3.05) is 6.61 Å². The number of benzene rings is 1. The summed E-state index contributed by atoms with van der Waals surface area (Å²) in [5.41, 5.74) is 3.10. The molecule has 0 N–H and O–H groups in total. The molecule has 0 atom stereocenters. The van der Waals surface area contributed by atoms with E-state index >= 15 is 0 Å². The summed E-state index contributed by atoms with van der Waals surface area (Å²) in [5, 5.41) is 9.90. The summed E-state index contributed by atoms with van der Waals surface area (Å²) < 4.78 is 7.23. The molecule has 0 amide bonds. The SMILES string of the molecule is Cc1cc(/C=C(\C#N)C(=O)OCC(=O)c2ccc(Cl)cc2)c(C)n1CCC(C)C. The molecule has 0 radical (unpaired) electrons. The van der Waals surface area contributed by atoms with Gasteiger partial charge in [0.25, 0.3) is 0 Å². The van der Waals surface area contributed by atoms with Crippen LogP contribution in [0.5, 0.6) is 0 Å². The number of aromatic nitrogens is 1. The summed E-state index contributed by atoms with van der Waals surface area (Å²) in [5.74, 6) is -0.598. The lowest BCUT2D eigenvalue weighted by atomic mass is 10.1. The van der Waals surface area contributed by atoms with Crippen LogP contribution in [0.25, 0.3) is 6.08 Å². The van der Waals surface area contributed by atoms with Gasteiger partial charge in [0.1, 0.15) is 11.6 Å². The molecule has 6 heteroatoms. The second kappa shape index (κ2) is 10.1. The van der Waals surface area contributed by atoms with E-state index in [0.717, 1.165) is 29.9 Å². The number of rotatable bonds is 8. The molecule has 1 aromatic carbocycles. The van der Waals surface area contributed by atoms with Crippen molar-refractivity contribution in [1.29, 1.82) is 5.26 Å². The summed E-state index contributed by atoms with van der Waals surface area (Å²) in [4.78, 5) is 24.4. The fourth-order valence-electron chi connectivity index (χ4n) is 2.93. The number of hydrogen-bond acceptors (Lipinski definition) is 4. The predicted octanol–water partition coefficient (Wildman–Crippen LogP) is 5.14. The highest BCUT2D eigenvalue weighted by atomic mass is 35.5. The number of ether oxygens (including phenoxy) is 1. The van der Waals surface area contributed by atoms with Crippen LogP contribution in [0, 0.1) is 31.1 Å². The largest absolute Gasteiger partial charge is 0.453 e. The summed E-state index contributed by atoms with van der Waals surface area (Å²) in [6.07, 6.45) is 2.56. The summed E-state index contributed by atoms with van der Waals surface area (Å²) in [6.45, 7) is 8.75. The molecule has 0 saturated heterocycles. The Labute approximate surface area is 176 Å². The molecule has 5 nitrogen and oxygen atoms in total. The maximum atomic E-state index is 12.3. The summed E-state index contributed by atoms with van der Waals surface area (Å²) in [7, 11) is 0. The number of carbonyl (C=O) groups is 2. The first-order valence-electron chi connectivity index (χ1n) is 9.47. The zero-order valence-electron chi connectivity index (χ0n) is 17.2. The Morgan fingerprint density at radius 2 is 1.90 bits per heavy atom. The molecular weight excluding hydrogens is 388 g/mol. The van der Waals surface area contributed by atoms with Gasteiger partial charge in [-0.05, 0) is 68.2 Å². The molecule has 0 bridgehead atoms. The highest BCUT2D eigenvalue weighted by Gasteiger charge is 2.16. The van der Waals surface area contributed by atoms with Crippen molar-refractivity contribution in [1.82, 2.24) is 4.57 Å². The van der Waals surface area contributed by atoms with Crippen molar-refractivity contribution < 1.29 is 14.3 Å². The normalized spacial score (nSPS) is 11.4. The van der Waals surface area contributed by atoms with E-state index in [2.05, 4.69) is 18.4 Å². The molecule has 0 saturated carbocycles. The van der Waals surface area contributed by atoms with Crippen LogP contribution >= 0.6 is 11.6 Å². The molecule has 0 aliphatic rings. The zero-order valence-corrected chi connectivity index (χ0v) is 17.9. The number of nitrogens with zero attached hydrogens (tertiary/aromatic N) is 2. The molecule has 0 unspecified atom stereocenters. The van der Waals surface area contributed by atoms with Crippen molar-refractivity contribution in [3.05, 3.63) is 63.4 Å². The minimum absolute atomic E-state index is 0.141. The molecule has 2 rings (SSSR count). The van der Waals surface area contributed by atoms with Crippen molar-refractivity contribution in [3.63, 3.8) is 0 Å². The van der Waals surface area contributed by atoms with Crippen LogP contribution in [0.1, 0.15) is 47.6 Å². The predicted molar refractivity (Wildman–Crippen MR) is 114 cm³/mol. The van der Waals surface area contributed by atoms with E-state index in [9.17, 15) is 14.9 Å². The topological polar surface area (TPSA) is 72.1 Å². The first kappa shape index (κ1) is 22.4. The Morgan fingerprint density at radius 3 is 2.48 bits per heavy atom. The number of nitriles is 1. The lowest BCUT2D eigenvalue weighted by Crippen LogP contribution is -2.15. The van der Waals surface area contributed by atoms with E-state index in [1.165, 1.54) is 6.08 Å². The minimum Gasteiger partial charge on any atom is -0.453 e. The van der Waals surface area contributed by atoms with Crippen LogP contribution < -0.4 is 0 Å². The molecule has 0 spiro atoms. The van der Waals surface area contributed by atoms with Crippen LogP contribution in [0.4, 0.5) is 0 Å². The first-order chi connectivity index (χ1) is 13.7. The quantitative estimate of drug-likeness (QED) is 0.260. The van der Waals surface area contributed by atoms with Crippen molar-refractivity contribution >= 4 is 29.4 Å². The van der Waals surface area contributed by atoms with Gasteiger partial charge in [-0.1, -0.05) is 25.4 Å². The standard InChI is InChI=1S/C23H25ClN2O3/c1-15(2)9-10-26-16(3)11-19(17(26)4)12-20(13-25)23(28)29-14-22(27)18-5-7-21(24)8-6-18/h5-8,11-12,15H,9-10,14H2,1-4H3/b20-12+. The fourth-order valence-corrected chi connectivity index (χ4v) is 3.05. The minimum atomic E-state index is -0.818. The Kier molecular flexibility index (Phi) is 7.81. The number of aryl methyl sites for hydroxylation is 1. The van der Waals surface area contributed by atoms with Crippen LogP contribution in [0.15, 0.2) is 35.9 Å². The van der Waals surface area contributed by atoms with Gasteiger partial charge in [0.2, 0.25) is 0 Å². The Morgan fingerprint density at radius 1 is 1.24 bits per heavy atom. The molecule has 0 aliphatic carbocycles. The summed E-state index contributed by atoms with van der Waals surface area (Å²) >= 11 is 5.80. The van der Waals surface area contributed by atoms with Gasteiger partial charge in [-0.15, -0.1) is 0 Å². The van der Waals surface area contributed by atoms with Gasteiger partial charge in [-0.25, -0.2) is 4.79 Å². The molecule has 0 aliphatic heterocycles. The van der Waals surface area contributed by atoms with E-state index in [0.29, 0.717) is 16.5 Å². The third kappa shape index (κ3) is 6.07. The van der Waals surface area contributed by atoms with Crippen molar-refractivity contribution in [2.24, 2.45) is 5.92 Å². The van der Waals surface area contributed by atoms with Gasteiger partial charge >= 0.3 is 5.97 Å². The van der Waals surface area contributed by atoms with E-state index in [1.54, 1.807) is 24.3 Å². The van der Waals surface area contributed by atoms with Crippen molar-refractivity contribution in [3.8, 4) is 6.07 Å². The number of esters is 1. The number of ketones is 1. The second-order valence-electron chi connectivity index (χ2n) is 7.34. The molecule has 1 heterocycles. The number of halogens is 1. The first-order valence-corrected chi connectivity index (χ1v) is 9.85. The number of hydrogen-bond donors (Lipinski definition) is 0. The monoisotopic (exact) mass is 412 g/mol. The maximum Gasteiger partial charge on any atom is 0.349 e. The Hall–Kier alpha value is -2.84. The van der Waals surface area contributed by atoms with Gasteiger partial charge in [0.05, 0.1) is 0 Å². The van der Waals surface area contributed by atoms with Gasteiger partial charge in [-0.2, -0.15) is 5.26 Å². The van der Waals surface area contributed by atoms with Gasteiger partial charge < -0.3 is 9.30 Å². The Balaban J connectivity index is 2.10. The molecule has 29 heavy (non-hydrogen) atoms. The second-order valence-corrected chi connectivity index (χ2v) is 7.77. The van der Waals surface area contributed by atoms with Crippen LogP contribution in [-0.2, 0) is 16.1 Å². The zero-order chi connectivity index (χ0) is 21.6. The molecule has 1 aromatic heterocycles. The van der Waals surface area contributed by atoms with Crippen molar-refractivity contribution in [2.45, 2.75) is 40.7 Å². The molecule has 2 aromatic rings. The maximum absolute atomic E-state index is 12.3. The smallest absolute Gasteiger partial charge is 0.349 e. The summed E-state index contributed by atoms with van der Waals surface area (Å²) in [6, 6.07) is 10.1. The molecular formula is C23H25ClN2O3. The average molecular weight is 413 g/mol. The van der Waals surface area contributed by atoms with E-state index in [1.807, 2.05) is 26.0 Å². The fraction of sp³-hybridized carbons (Fsp3) is 0.348. The Bertz CT molecular complexity index is 963. The van der Waals surface area contributed by atoms with E-state index in [4.69, 9.17) is 16.3 Å². The lowest BCUT2D eigenvalue weighted by Gasteiger charge is -2.11. The van der Waals surface area contributed by atoms with Crippen LogP contribution in [0.3, 0.4) is 0 Å². The van der Waals surface area contributed by atoms with E-state index in [-0.39, 0.29) is 11.4 Å². The number of Topliss-reactive ketones (excluding diaryl/α,β-unsaturated/α-hetero) is 1. The number of carbonyl (C=O) groups excluding carboxylic acids is 2. The average Bonchev–Trinajstić information content (AvgIpc) is 2.95. The van der Waals surface area contributed by atoms with Gasteiger partial charge in [0, 0.05) is 28.5 Å². The highest BCUT2D eigenvalue weighted by molar-refractivity contribution is 6.30. The molecule has 0 fully saturated rings. The third-order valence-corrected chi connectivity index (χ3v) is 4.94.